The highest BCUT2D eigenvalue weighted by Gasteiger charge is 2.23. The van der Waals surface area contributed by atoms with Crippen LogP contribution < -0.4 is 11.1 Å². The standard InChI is InChI=1S/C10H21N3O3/c1-15-10(14)12-9-2-4-13(8-9)5-7-16-6-3-11/h9H,2-8,11H2,1H3,(H,12,14). The molecule has 1 amide bonds. The van der Waals surface area contributed by atoms with E-state index >= 15 is 0 Å². The molecule has 1 heterocycles. The quantitative estimate of drug-likeness (QED) is 0.596. The maximum Gasteiger partial charge on any atom is 0.407 e. The summed E-state index contributed by atoms with van der Waals surface area (Å²) in [6.45, 7) is 4.60. The van der Waals surface area contributed by atoms with E-state index in [4.69, 9.17) is 10.5 Å². The summed E-state index contributed by atoms with van der Waals surface area (Å²) in [6.07, 6.45) is 0.609. The first-order chi connectivity index (χ1) is 7.76. The highest BCUT2D eigenvalue weighted by Crippen LogP contribution is 2.08. The van der Waals surface area contributed by atoms with Gasteiger partial charge in [-0.05, 0) is 6.42 Å². The molecule has 3 N–H and O–H groups in total. The molecule has 0 aromatic rings. The second-order valence-corrected chi connectivity index (χ2v) is 3.82. The fourth-order valence-electron chi connectivity index (χ4n) is 1.76. The Morgan fingerprint density at radius 2 is 2.38 bits per heavy atom. The van der Waals surface area contributed by atoms with Crippen molar-refractivity contribution in [1.29, 1.82) is 0 Å². The zero-order valence-electron chi connectivity index (χ0n) is 9.78. The summed E-state index contributed by atoms with van der Waals surface area (Å²) in [5.41, 5.74) is 5.31. The van der Waals surface area contributed by atoms with Gasteiger partial charge in [0, 0.05) is 32.2 Å². The van der Waals surface area contributed by atoms with Gasteiger partial charge in [-0.1, -0.05) is 0 Å². The number of nitrogens with two attached hydrogens (primary N) is 1. The zero-order chi connectivity index (χ0) is 11.8. The van der Waals surface area contributed by atoms with Gasteiger partial charge < -0.3 is 20.5 Å². The number of hydrogen-bond donors (Lipinski definition) is 2. The summed E-state index contributed by atoms with van der Waals surface area (Å²) in [4.78, 5) is 13.2. The number of hydrogen-bond acceptors (Lipinski definition) is 5. The van der Waals surface area contributed by atoms with Crippen LogP contribution in [0.3, 0.4) is 0 Å². The van der Waals surface area contributed by atoms with Gasteiger partial charge in [0.1, 0.15) is 0 Å². The normalized spacial score (nSPS) is 21.0. The van der Waals surface area contributed by atoms with Crippen molar-refractivity contribution in [3.63, 3.8) is 0 Å². The van der Waals surface area contributed by atoms with Crippen LogP contribution in [0.25, 0.3) is 0 Å². The minimum absolute atomic E-state index is 0.196. The molecule has 6 heteroatoms. The average Bonchev–Trinajstić information content (AvgIpc) is 2.72. The van der Waals surface area contributed by atoms with Crippen LogP contribution in [0.15, 0.2) is 0 Å². The molecular weight excluding hydrogens is 210 g/mol. The molecule has 0 radical (unpaired) electrons. The molecule has 0 saturated carbocycles. The average molecular weight is 231 g/mol. The monoisotopic (exact) mass is 231 g/mol. The molecule has 1 unspecified atom stereocenters. The van der Waals surface area contributed by atoms with Gasteiger partial charge in [-0.2, -0.15) is 0 Å². The van der Waals surface area contributed by atoms with Crippen LogP contribution in [0.1, 0.15) is 6.42 Å². The lowest BCUT2D eigenvalue weighted by Gasteiger charge is -2.16. The Morgan fingerprint density at radius 3 is 3.06 bits per heavy atom. The van der Waals surface area contributed by atoms with Crippen molar-refractivity contribution in [2.45, 2.75) is 12.5 Å². The highest BCUT2D eigenvalue weighted by molar-refractivity contribution is 5.67. The maximum absolute atomic E-state index is 11.0. The Bertz CT molecular complexity index is 213. The molecule has 1 atom stereocenters. The molecule has 94 valence electrons. The lowest BCUT2D eigenvalue weighted by atomic mass is 10.3. The van der Waals surface area contributed by atoms with Crippen molar-refractivity contribution in [2.24, 2.45) is 5.73 Å². The fraction of sp³-hybridized carbons (Fsp3) is 0.900. The smallest absolute Gasteiger partial charge is 0.407 e. The summed E-state index contributed by atoms with van der Waals surface area (Å²) >= 11 is 0. The van der Waals surface area contributed by atoms with Crippen LogP contribution in [-0.2, 0) is 9.47 Å². The van der Waals surface area contributed by atoms with Gasteiger partial charge in [0.05, 0.1) is 20.3 Å². The number of carbonyl (C=O) groups excluding carboxylic acids is 1. The topological polar surface area (TPSA) is 76.8 Å². The minimum Gasteiger partial charge on any atom is -0.453 e. The van der Waals surface area contributed by atoms with Gasteiger partial charge in [-0.3, -0.25) is 4.90 Å². The Morgan fingerprint density at radius 1 is 1.56 bits per heavy atom. The van der Waals surface area contributed by atoms with E-state index in [1.54, 1.807) is 0 Å². The fourth-order valence-corrected chi connectivity index (χ4v) is 1.76. The van der Waals surface area contributed by atoms with E-state index in [1.807, 2.05) is 0 Å². The largest absolute Gasteiger partial charge is 0.453 e. The van der Waals surface area contributed by atoms with Crippen LogP contribution in [0.4, 0.5) is 4.79 Å². The molecule has 0 bridgehead atoms. The summed E-state index contributed by atoms with van der Waals surface area (Å²) in [5, 5.41) is 2.80. The third-order valence-electron chi connectivity index (χ3n) is 2.59. The van der Waals surface area contributed by atoms with Gasteiger partial charge in [0.2, 0.25) is 0 Å². The molecule has 1 aliphatic heterocycles. The van der Waals surface area contributed by atoms with Crippen molar-refractivity contribution in [3.05, 3.63) is 0 Å². The second kappa shape index (κ2) is 7.43. The number of nitrogens with one attached hydrogen (secondary N) is 1. The first-order valence-electron chi connectivity index (χ1n) is 5.61. The predicted octanol–water partition coefficient (Wildman–Crippen LogP) is -0.608. The zero-order valence-corrected chi connectivity index (χ0v) is 9.78. The summed E-state index contributed by atoms with van der Waals surface area (Å²) in [6, 6.07) is 0.196. The molecule has 0 spiro atoms. The number of ether oxygens (including phenoxy) is 2. The molecule has 16 heavy (non-hydrogen) atoms. The van der Waals surface area contributed by atoms with Crippen molar-refractivity contribution in [2.75, 3.05) is 46.5 Å². The van der Waals surface area contributed by atoms with Crippen molar-refractivity contribution in [3.8, 4) is 0 Å². The van der Waals surface area contributed by atoms with Gasteiger partial charge in [-0.15, -0.1) is 0 Å². The number of amides is 1. The summed E-state index contributed by atoms with van der Waals surface area (Å²) in [5.74, 6) is 0. The van der Waals surface area contributed by atoms with Crippen molar-refractivity contribution >= 4 is 6.09 Å². The van der Waals surface area contributed by atoms with E-state index in [0.29, 0.717) is 19.8 Å². The number of likely N-dealkylation sites (tertiary alicyclic amines) is 1. The van der Waals surface area contributed by atoms with Gasteiger partial charge in [-0.25, -0.2) is 4.79 Å². The maximum atomic E-state index is 11.0. The highest BCUT2D eigenvalue weighted by atomic mass is 16.5. The molecule has 0 aromatic carbocycles. The van der Waals surface area contributed by atoms with E-state index < -0.39 is 0 Å². The SMILES string of the molecule is COC(=O)NC1CCN(CCOCCN)C1. The third-order valence-corrected chi connectivity index (χ3v) is 2.59. The molecular formula is C10H21N3O3. The predicted molar refractivity (Wildman–Crippen MR) is 60.3 cm³/mol. The van der Waals surface area contributed by atoms with E-state index in [0.717, 1.165) is 26.1 Å². The van der Waals surface area contributed by atoms with Crippen LogP contribution in [0, 0.1) is 0 Å². The third kappa shape index (κ3) is 4.78. The molecule has 1 rings (SSSR count). The Labute approximate surface area is 96.1 Å². The number of carbonyl (C=O) groups is 1. The number of methoxy groups -OCH3 is 1. The number of rotatable bonds is 6. The molecule has 1 aliphatic rings. The summed E-state index contributed by atoms with van der Waals surface area (Å²) in [7, 11) is 1.38. The second-order valence-electron chi connectivity index (χ2n) is 3.82. The van der Waals surface area contributed by atoms with Crippen LogP contribution in [0.5, 0.6) is 0 Å². The van der Waals surface area contributed by atoms with Crippen LogP contribution >= 0.6 is 0 Å². The molecule has 1 saturated heterocycles. The Kier molecular flexibility index (Phi) is 6.14. The Hall–Kier alpha value is -0.850. The van der Waals surface area contributed by atoms with E-state index in [1.165, 1.54) is 7.11 Å². The van der Waals surface area contributed by atoms with E-state index in [-0.39, 0.29) is 12.1 Å². The first kappa shape index (κ1) is 13.2. The molecule has 1 fully saturated rings. The van der Waals surface area contributed by atoms with Crippen LogP contribution in [-0.4, -0.2) is 63.5 Å². The van der Waals surface area contributed by atoms with Gasteiger partial charge >= 0.3 is 6.09 Å². The van der Waals surface area contributed by atoms with Crippen LogP contribution in [0.2, 0.25) is 0 Å². The lowest BCUT2D eigenvalue weighted by Crippen LogP contribution is -2.37. The molecule has 6 nitrogen and oxygen atoms in total. The van der Waals surface area contributed by atoms with E-state index in [9.17, 15) is 4.79 Å². The van der Waals surface area contributed by atoms with Gasteiger partial charge in [0.25, 0.3) is 0 Å². The summed E-state index contributed by atoms with van der Waals surface area (Å²) < 4.78 is 9.86. The first-order valence-corrected chi connectivity index (χ1v) is 5.61. The van der Waals surface area contributed by atoms with E-state index in [2.05, 4.69) is 15.0 Å². The number of nitrogens with zero attached hydrogens (tertiary/aromatic N) is 1. The Balaban J connectivity index is 2.07. The minimum atomic E-state index is -0.355. The number of alkyl carbamates (subject to hydrolysis) is 1. The molecule has 0 aliphatic carbocycles. The molecule has 0 aromatic heterocycles. The van der Waals surface area contributed by atoms with Crippen molar-refractivity contribution in [1.82, 2.24) is 10.2 Å². The van der Waals surface area contributed by atoms with Gasteiger partial charge in [0.15, 0.2) is 0 Å². The van der Waals surface area contributed by atoms with Crippen molar-refractivity contribution < 1.29 is 14.3 Å². The lowest BCUT2D eigenvalue weighted by molar-refractivity contribution is 0.116.